The normalized spacial score (nSPS) is 33.4. The molecule has 228 valence electrons. The fraction of sp³-hybridized carbons (Fsp3) is 0.464. The topological polar surface area (TPSA) is 218 Å². The van der Waals surface area contributed by atoms with Crippen LogP contribution >= 0.6 is 0 Å². The van der Waals surface area contributed by atoms with E-state index in [1.54, 1.807) is 24.3 Å². The zero-order valence-electron chi connectivity index (χ0n) is 22.5. The molecular formula is C28H32O14. The quantitative estimate of drug-likeness (QED) is 0.179. The molecule has 0 saturated carbocycles. The van der Waals surface area contributed by atoms with Gasteiger partial charge < -0.3 is 63.8 Å². The molecule has 0 amide bonds. The number of phenols is 1. The van der Waals surface area contributed by atoms with E-state index in [0.29, 0.717) is 11.3 Å². The number of aromatic hydroxyl groups is 1. The molecule has 2 fully saturated rings. The Hall–Kier alpha value is -3.31. The highest BCUT2D eigenvalue weighted by Gasteiger charge is 2.47. The molecule has 2 aliphatic rings. The highest BCUT2D eigenvalue weighted by Crippen LogP contribution is 2.34. The molecule has 5 rings (SSSR count). The third-order valence-electron chi connectivity index (χ3n) is 7.31. The van der Waals surface area contributed by atoms with Crippen molar-refractivity contribution in [3.63, 3.8) is 0 Å². The van der Waals surface area contributed by atoms with Crippen molar-refractivity contribution in [1.82, 2.24) is 0 Å². The highest BCUT2D eigenvalue weighted by atomic mass is 16.7. The Kier molecular flexibility index (Phi) is 8.71. The van der Waals surface area contributed by atoms with Crippen LogP contribution in [0.5, 0.6) is 17.2 Å². The van der Waals surface area contributed by atoms with Crippen molar-refractivity contribution in [3.8, 4) is 28.6 Å². The summed E-state index contributed by atoms with van der Waals surface area (Å²) in [6, 6.07) is 10.4. The average Bonchev–Trinajstić information content (AvgIpc) is 2.97. The number of aliphatic hydroxyl groups is 6. The van der Waals surface area contributed by atoms with Crippen molar-refractivity contribution < 1.29 is 63.8 Å². The summed E-state index contributed by atoms with van der Waals surface area (Å²) in [5, 5.41) is 71.9. The van der Waals surface area contributed by atoms with Crippen molar-refractivity contribution in [3.05, 3.63) is 52.7 Å². The Balaban J connectivity index is 1.35. The summed E-state index contributed by atoms with van der Waals surface area (Å²) in [6.07, 6.45) is -14.8. The lowest BCUT2D eigenvalue weighted by molar-refractivity contribution is -0.318. The van der Waals surface area contributed by atoms with E-state index in [4.69, 9.17) is 28.1 Å². The molecule has 14 nitrogen and oxygen atoms in total. The van der Waals surface area contributed by atoms with Gasteiger partial charge in [0.15, 0.2) is 11.7 Å². The third kappa shape index (κ3) is 5.81. The first-order valence-corrected chi connectivity index (χ1v) is 13.1. The number of rotatable bonds is 7. The minimum Gasteiger partial charge on any atom is -0.507 e. The SMILES string of the molecule is COc1ccc(-c2cc(=O)c3c(O)cc(O[C@@H]4O[C@H](CO[C@@H]5O[C@H](C)[C@H](O)[C@@H](O)[C@@H]5O)[C@@H](O)[C@@H](O)[C@@H]4O)cc3o2)cc1. The van der Waals surface area contributed by atoms with E-state index in [1.165, 1.54) is 26.2 Å². The van der Waals surface area contributed by atoms with Crippen LogP contribution in [0.4, 0.5) is 0 Å². The van der Waals surface area contributed by atoms with E-state index < -0.39 is 79.2 Å². The predicted octanol–water partition coefficient (Wildman–Crippen LogP) is -0.795. The van der Waals surface area contributed by atoms with Gasteiger partial charge >= 0.3 is 0 Å². The number of hydrogen-bond donors (Lipinski definition) is 7. The lowest BCUT2D eigenvalue weighted by Gasteiger charge is -2.42. The molecule has 2 saturated heterocycles. The summed E-state index contributed by atoms with van der Waals surface area (Å²) in [7, 11) is 1.52. The van der Waals surface area contributed by atoms with Gasteiger partial charge in [-0.25, -0.2) is 0 Å². The molecule has 42 heavy (non-hydrogen) atoms. The van der Waals surface area contributed by atoms with Crippen LogP contribution in [-0.2, 0) is 14.2 Å². The molecule has 10 atom stereocenters. The van der Waals surface area contributed by atoms with Crippen LogP contribution in [0.3, 0.4) is 0 Å². The standard InChI is InChI=1S/C28H32O14/c1-11-21(31)23(33)25(35)27(39-11)38-10-19-22(32)24(34)26(36)28(42-19)40-14-7-15(29)20-16(30)9-17(41-18(20)8-14)12-3-5-13(37-2)6-4-12/h3-9,11,19,21-29,31-36H,10H2,1-2H3/t11-,19-,21+,22-,23-,24-,25+,26+,27-,28-/m1/s1. The van der Waals surface area contributed by atoms with E-state index in [1.807, 2.05) is 0 Å². The van der Waals surface area contributed by atoms with E-state index in [2.05, 4.69) is 0 Å². The highest BCUT2D eigenvalue weighted by molar-refractivity contribution is 5.86. The van der Waals surface area contributed by atoms with E-state index in [9.17, 15) is 40.5 Å². The Morgan fingerprint density at radius 3 is 2.14 bits per heavy atom. The Labute approximate surface area is 238 Å². The summed E-state index contributed by atoms with van der Waals surface area (Å²) >= 11 is 0. The average molecular weight is 593 g/mol. The Morgan fingerprint density at radius 2 is 1.45 bits per heavy atom. The van der Waals surface area contributed by atoms with Gasteiger partial charge in [-0.3, -0.25) is 4.79 Å². The second-order valence-corrected chi connectivity index (χ2v) is 10.2. The number of fused-ring (bicyclic) bond motifs is 1. The van der Waals surface area contributed by atoms with Gasteiger partial charge in [-0.1, -0.05) is 0 Å². The second-order valence-electron chi connectivity index (χ2n) is 10.2. The van der Waals surface area contributed by atoms with Gasteiger partial charge in [0.1, 0.15) is 76.7 Å². The van der Waals surface area contributed by atoms with Crippen molar-refractivity contribution in [1.29, 1.82) is 0 Å². The van der Waals surface area contributed by atoms with Crippen LogP contribution in [0.1, 0.15) is 6.92 Å². The molecule has 0 unspecified atom stereocenters. The van der Waals surface area contributed by atoms with Crippen molar-refractivity contribution in [2.75, 3.05) is 13.7 Å². The maximum atomic E-state index is 12.8. The minimum atomic E-state index is -1.76. The van der Waals surface area contributed by atoms with Crippen LogP contribution in [-0.4, -0.2) is 111 Å². The molecule has 14 heteroatoms. The summed E-state index contributed by atoms with van der Waals surface area (Å²) < 4.78 is 33.2. The first kappa shape index (κ1) is 30.2. The Morgan fingerprint density at radius 1 is 0.786 bits per heavy atom. The third-order valence-corrected chi connectivity index (χ3v) is 7.31. The van der Waals surface area contributed by atoms with Gasteiger partial charge in [0.2, 0.25) is 6.29 Å². The minimum absolute atomic E-state index is 0.0348. The van der Waals surface area contributed by atoms with Gasteiger partial charge in [0.05, 0.1) is 19.8 Å². The molecule has 0 aliphatic carbocycles. The van der Waals surface area contributed by atoms with Crippen molar-refractivity contribution >= 4 is 11.0 Å². The first-order valence-electron chi connectivity index (χ1n) is 13.1. The zero-order valence-corrected chi connectivity index (χ0v) is 22.5. The molecular weight excluding hydrogens is 560 g/mol. The van der Waals surface area contributed by atoms with Gasteiger partial charge in [-0.15, -0.1) is 0 Å². The molecule has 3 aromatic rings. The first-order chi connectivity index (χ1) is 20.0. The zero-order chi connectivity index (χ0) is 30.3. The van der Waals surface area contributed by atoms with Crippen molar-refractivity contribution in [2.24, 2.45) is 0 Å². The molecule has 0 bridgehead atoms. The van der Waals surface area contributed by atoms with Gasteiger partial charge in [0.25, 0.3) is 0 Å². The van der Waals surface area contributed by atoms with Crippen LogP contribution in [0, 0.1) is 0 Å². The Bertz CT molecular complexity index is 1440. The molecule has 0 radical (unpaired) electrons. The van der Waals surface area contributed by atoms with Gasteiger partial charge in [-0.05, 0) is 31.2 Å². The van der Waals surface area contributed by atoms with E-state index in [0.717, 1.165) is 6.07 Å². The van der Waals surface area contributed by atoms with Crippen LogP contribution in [0.25, 0.3) is 22.3 Å². The second kappa shape index (κ2) is 12.1. The van der Waals surface area contributed by atoms with Crippen LogP contribution < -0.4 is 14.9 Å². The van der Waals surface area contributed by atoms with E-state index >= 15 is 0 Å². The maximum Gasteiger partial charge on any atom is 0.229 e. The summed E-state index contributed by atoms with van der Waals surface area (Å²) in [4.78, 5) is 12.8. The molecule has 2 aromatic carbocycles. The largest absolute Gasteiger partial charge is 0.507 e. The van der Waals surface area contributed by atoms with Crippen molar-refractivity contribution in [2.45, 2.75) is 68.3 Å². The number of hydrogen-bond acceptors (Lipinski definition) is 14. The van der Waals surface area contributed by atoms with Crippen LogP contribution in [0.15, 0.2) is 51.7 Å². The number of phenolic OH excluding ortho intramolecular Hbond substituents is 1. The maximum absolute atomic E-state index is 12.8. The van der Waals surface area contributed by atoms with Gasteiger partial charge in [0, 0.05) is 23.8 Å². The molecule has 1 aromatic heterocycles. The summed E-state index contributed by atoms with van der Waals surface area (Å²) in [5.74, 6) is 0.238. The lowest BCUT2D eigenvalue weighted by Crippen LogP contribution is -2.61. The number of methoxy groups -OCH3 is 1. The van der Waals surface area contributed by atoms with E-state index in [-0.39, 0.29) is 22.5 Å². The van der Waals surface area contributed by atoms with Crippen LogP contribution in [0.2, 0.25) is 0 Å². The number of benzene rings is 2. The number of aliphatic hydroxyl groups excluding tert-OH is 6. The monoisotopic (exact) mass is 592 g/mol. The fourth-order valence-corrected chi connectivity index (χ4v) is 4.84. The molecule has 7 N–H and O–H groups in total. The predicted molar refractivity (Wildman–Crippen MR) is 142 cm³/mol. The fourth-order valence-electron chi connectivity index (χ4n) is 4.84. The summed E-state index contributed by atoms with van der Waals surface area (Å²) in [6.45, 7) is 0.984. The smallest absolute Gasteiger partial charge is 0.229 e. The summed E-state index contributed by atoms with van der Waals surface area (Å²) in [5.41, 5.74) is 0.0115. The van der Waals surface area contributed by atoms with Gasteiger partial charge in [-0.2, -0.15) is 0 Å². The number of ether oxygens (including phenoxy) is 5. The molecule has 3 heterocycles. The molecule has 2 aliphatic heterocycles. The molecule has 0 spiro atoms. The lowest BCUT2D eigenvalue weighted by atomic mass is 9.98.